The van der Waals surface area contributed by atoms with Crippen LogP contribution in [0.1, 0.15) is 12.5 Å². The quantitative estimate of drug-likeness (QED) is 0.776. The summed E-state index contributed by atoms with van der Waals surface area (Å²) in [4.78, 5) is 11.2. The summed E-state index contributed by atoms with van der Waals surface area (Å²) in [6.45, 7) is 2.56. The van der Waals surface area contributed by atoms with E-state index in [9.17, 15) is 35.5 Å². The Labute approximate surface area is 141 Å². The maximum absolute atomic E-state index is 13.3. The first kappa shape index (κ1) is 19.7. The van der Waals surface area contributed by atoms with Gasteiger partial charge < -0.3 is 5.32 Å². The summed E-state index contributed by atoms with van der Waals surface area (Å²) in [5.41, 5.74) is 0.206. The van der Waals surface area contributed by atoms with Crippen LogP contribution < -0.4 is 5.32 Å². The van der Waals surface area contributed by atoms with E-state index in [2.05, 4.69) is 10.2 Å². The monoisotopic (exact) mass is 387 g/mol. The van der Waals surface area contributed by atoms with Crippen LogP contribution in [0, 0.1) is 0 Å². The number of hydrogen-bond donors (Lipinski definition) is 1. The van der Waals surface area contributed by atoms with Crippen molar-refractivity contribution in [1.29, 1.82) is 0 Å². The molecular weight excluding hydrogens is 375 g/mol. The number of aromatic nitrogens is 4. The highest BCUT2D eigenvalue weighted by atomic mass is 19.4. The molecule has 0 spiro atoms. The Hall–Kier alpha value is -2.60. The second kappa shape index (κ2) is 6.61. The molecule has 2 aromatic rings. The van der Waals surface area contributed by atoms with Gasteiger partial charge in [-0.15, -0.1) is 0 Å². The molecule has 0 bridgehead atoms. The van der Waals surface area contributed by atoms with Crippen molar-refractivity contribution in [3.8, 4) is 0 Å². The Morgan fingerprint density at radius 3 is 2.19 bits per heavy atom. The number of carbonyl (C=O) groups excluding carboxylic acids is 1. The van der Waals surface area contributed by atoms with Gasteiger partial charge in [-0.25, -0.2) is 0 Å². The minimum atomic E-state index is -6.59. The normalized spacial score (nSPS) is 13.1. The van der Waals surface area contributed by atoms with Crippen molar-refractivity contribution in [2.45, 2.75) is 38.0 Å². The zero-order valence-electron chi connectivity index (χ0n) is 13.1. The number of hydrogen-bond acceptors (Lipinski definition) is 3. The number of rotatable bonds is 6. The second-order valence-corrected chi connectivity index (χ2v) is 5.23. The maximum atomic E-state index is 13.3. The number of nitrogens with one attached hydrogen (secondary N) is 1. The Morgan fingerprint density at radius 1 is 1.04 bits per heavy atom. The molecule has 0 saturated heterocycles. The van der Waals surface area contributed by atoms with Gasteiger partial charge in [0.25, 0.3) is 0 Å². The second-order valence-electron chi connectivity index (χ2n) is 5.23. The molecule has 0 radical (unpaired) electrons. The van der Waals surface area contributed by atoms with Crippen LogP contribution >= 0.6 is 0 Å². The molecule has 0 atom stereocenters. The predicted molar refractivity (Wildman–Crippen MR) is 73.8 cm³/mol. The van der Waals surface area contributed by atoms with E-state index in [0.717, 1.165) is 17.1 Å². The Bertz CT molecular complexity index is 780. The van der Waals surface area contributed by atoms with Crippen LogP contribution in [0.5, 0.6) is 0 Å². The maximum Gasteiger partial charge on any atom is 0.460 e. The number of anilines is 1. The summed E-state index contributed by atoms with van der Waals surface area (Å²) in [5.74, 6) is -15.3. The van der Waals surface area contributed by atoms with Crippen molar-refractivity contribution in [3.05, 3.63) is 30.4 Å². The lowest BCUT2D eigenvalue weighted by Gasteiger charge is -2.26. The van der Waals surface area contributed by atoms with Crippen LogP contribution in [-0.4, -0.2) is 43.5 Å². The van der Waals surface area contributed by atoms with Gasteiger partial charge in [-0.05, 0) is 6.92 Å². The van der Waals surface area contributed by atoms with Gasteiger partial charge in [-0.3, -0.25) is 14.2 Å². The van der Waals surface area contributed by atoms with Gasteiger partial charge in [0.1, 0.15) is 0 Å². The first-order valence-electron chi connectivity index (χ1n) is 7.06. The van der Waals surface area contributed by atoms with E-state index in [1.165, 1.54) is 11.5 Å². The summed E-state index contributed by atoms with van der Waals surface area (Å²) >= 11 is 0. The van der Waals surface area contributed by atoms with Gasteiger partial charge in [0, 0.05) is 24.5 Å². The molecule has 13 heteroatoms. The molecule has 0 aliphatic carbocycles. The van der Waals surface area contributed by atoms with Crippen LogP contribution in [0.2, 0.25) is 0 Å². The fraction of sp³-hybridized carbons (Fsp3) is 0.462. The number of amides is 1. The van der Waals surface area contributed by atoms with Gasteiger partial charge in [-0.1, -0.05) is 0 Å². The molecule has 1 N–H and O–H groups in total. The summed E-state index contributed by atoms with van der Waals surface area (Å²) in [6, 6.07) is 0. The van der Waals surface area contributed by atoms with Crippen LogP contribution in [0.3, 0.4) is 0 Å². The van der Waals surface area contributed by atoms with Gasteiger partial charge in [0.2, 0.25) is 0 Å². The van der Waals surface area contributed by atoms with E-state index < -0.39 is 29.6 Å². The molecule has 2 rings (SSSR count). The molecule has 0 aliphatic heterocycles. The third kappa shape index (κ3) is 3.65. The first-order chi connectivity index (χ1) is 11.9. The molecule has 6 nitrogen and oxygen atoms in total. The summed E-state index contributed by atoms with van der Waals surface area (Å²) in [6.07, 6.45) is -1.58. The van der Waals surface area contributed by atoms with Crippen molar-refractivity contribution in [1.82, 2.24) is 19.6 Å². The number of nitrogens with zero attached hydrogens (tertiary/aromatic N) is 4. The van der Waals surface area contributed by atoms with Crippen molar-refractivity contribution < 1.29 is 35.5 Å². The highest BCUT2D eigenvalue weighted by Crippen LogP contribution is 2.46. The third-order valence-corrected chi connectivity index (χ3v) is 3.28. The van der Waals surface area contributed by atoms with Gasteiger partial charge in [0.05, 0.1) is 24.6 Å². The summed E-state index contributed by atoms with van der Waals surface area (Å²) in [5, 5.41) is 9.00. The highest BCUT2D eigenvalue weighted by molar-refractivity contribution is 5.96. The van der Waals surface area contributed by atoms with Crippen LogP contribution in [0.15, 0.2) is 24.8 Å². The molecule has 0 saturated carbocycles. The number of carbonyl (C=O) groups is 1. The molecule has 26 heavy (non-hydrogen) atoms. The summed E-state index contributed by atoms with van der Waals surface area (Å²) < 4.78 is 91.1. The van der Waals surface area contributed by atoms with E-state index in [1.54, 1.807) is 10.9 Å². The van der Waals surface area contributed by atoms with E-state index in [4.69, 9.17) is 0 Å². The Balaban J connectivity index is 2.09. The lowest BCUT2D eigenvalue weighted by Crippen LogP contribution is -2.57. The predicted octanol–water partition coefficient (Wildman–Crippen LogP) is 2.92. The van der Waals surface area contributed by atoms with Crippen molar-refractivity contribution >= 4 is 11.6 Å². The average Bonchev–Trinajstić information content (AvgIpc) is 3.15. The highest BCUT2D eigenvalue weighted by Gasteiger charge is 2.76. The fourth-order valence-electron chi connectivity index (χ4n) is 1.89. The lowest BCUT2D eigenvalue weighted by atomic mass is 10.1. The lowest BCUT2D eigenvalue weighted by molar-refractivity contribution is -0.343. The molecule has 0 fully saturated rings. The first-order valence-corrected chi connectivity index (χ1v) is 7.06. The molecule has 2 heterocycles. The van der Waals surface area contributed by atoms with E-state index in [-0.39, 0.29) is 6.54 Å². The zero-order chi connectivity index (χ0) is 19.8. The van der Waals surface area contributed by atoms with E-state index in [0.29, 0.717) is 12.1 Å². The number of alkyl halides is 7. The van der Waals surface area contributed by atoms with Gasteiger partial charge in [0.15, 0.2) is 0 Å². The van der Waals surface area contributed by atoms with Gasteiger partial charge in [-0.2, -0.15) is 40.9 Å². The fourth-order valence-corrected chi connectivity index (χ4v) is 1.89. The average molecular weight is 387 g/mol. The largest absolute Gasteiger partial charge is 0.460 e. The molecule has 2 aromatic heterocycles. The van der Waals surface area contributed by atoms with E-state index >= 15 is 0 Å². The van der Waals surface area contributed by atoms with E-state index in [1.807, 2.05) is 6.92 Å². The molecule has 0 unspecified atom stereocenters. The van der Waals surface area contributed by atoms with Crippen LogP contribution in [0.25, 0.3) is 0 Å². The molecule has 1 amide bonds. The minimum absolute atomic E-state index is 0.116. The molecule has 0 aromatic carbocycles. The minimum Gasteiger partial charge on any atom is -0.318 e. The molecule has 0 aliphatic rings. The van der Waals surface area contributed by atoms with Crippen molar-refractivity contribution in [3.63, 3.8) is 0 Å². The molecular formula is C13H12F7N5O. The summed E-state index contributed by atoms with van der Waals surface area (Å²) in [7, 11) is 0. The third-order valence-electron chi connectivity index (χ3n) is 3.28. The topological polar surface area (TPSA) is 64.7 Å². The van der Waals surface area contributed by atoms with Crippen molar-refractivity contribution in [2.24, 2.45) is 0 Å². The molecule has 144 valence electrons. The standard InChI is InChI=1S/C13H12F7N5O/c1-2-24-5-8(3-21-24)6-25-7-9(4-22-25)23-10(26)11(14,15)12(16,17)13(18,19)20/h3-5,7H,2,6H2,1H3,(H,23,26). The Morgan fingerprint density at radius 2 is 1.65 bits per heavy atom. The van der Waals surface area contributed by atoms with Gasteiger partial charge >= 0.3 is 23.9 Å². The Kier molecular flexibility index (Phi) is 5.01. The number of aryl methyl sites for hydroxylation is 1. The van der Waals surface area contributed by atoms with Crippen molar-refractivity contribution in [2.75, 3.05) is 5.32 Å². The SMILES string of the molecule is CCn1cc(Cn2cc(NC(=O)C(F)(F)C(F)(F)C(F)(F)F)cn2)cn1. The smallest absolute Gasteiger partial charge is 0.318 e. The van der Waals surface area contributed by atoms with Crippen LogP contribution in [-0.2, 0) is 17.9 Å². The van der Waals surface area contributed by atoms with Crippen LogP contribution in [0.4, 0.5) is 36.4 Å². The number of halogens is 7. The zero-order valence-corrected chi connectivity index (χ0v) is 13.1.